The number of rotatable bonds is 3. The van der Waals surface area contributed by atoms with Crippen molar-refractivity contribution < 1.29 is 9.53 Å². The fourth-order valence-corrected chi connectivity index (χ4v) is 2.10. The second-order valence-corrected chi connectivity index (χ2v) is 4.41. The summed E-state index contributed by atoms with van der Waals surface area (Å²) in [5, 5.41) is 2.90. The summed E-state index contributed by atoms with van der Waals surface area (Å²) in [6.07, 6.45) is 5.48. The second-order valence-electron chi connectivity index (χ2n) is 4.41. The normalized spacial score (nSPS) is 16.5. The molecule has 2 rings (SSSR count). The van der Waals surface area contributed by atoms with Crippen LogP contribution in [0.4, 0.5) is 4.79 Å². The molecule has 1 aliphatic carbocycles. The Bertz CT molecular complexity index is 344. The Morgan fingerprint density at radius 3 is 2.59 bits per heavy atom. The maximum Gasteiger partial charge on any atom is 0.408 e. The molecule has 0 bridgehead atoms. The molecule has 91 valence electrons. The molecule has 1 radical (unpaired) electrons. The molecule has 0 aromatic heterocycles. The second kappa shape index (κ2) is 6.28. The third kappa shape index (κ3) is 4.10. The largest absolute Gasteiger partial charge is 0.437 e. The molecule has 0 unspecified atom stereocenters. The van der Waals surface area contributed by atoms with E-state index in [0.717, 1.165) is 18.4 Å². The molecule has 0 saturated heterocycles. The first-order valence-electron chi connectivity index (χ1n) is 6.20. The van der Waals surface area contributed by atoms with Gasteiger partial charge in [0, 0.05) is 6.04 Å². The summed E-state index contributed by atoms with van der Waals surface area (Å²) in [4.78, 5) is 11.5. The predicted octanol–water partition coefficient (Wildman–Crippen LogP) is 3.26. The van der Waals surface area contributed by atoms with Gasteiger partial charge in [-0.25, -0.2) is 4.79 Å². The Kier molecular flexibility index (Phi) is 4.42. The van der Waals surface area contributed by atoms with Gasteiger partial charge in [0.05, 0.1) is 0 Å². The average molecular weight is 232 g/mol. The van der Waals surface area contributed by atoms with Crippen LogP contribution in [0.15, 0.2) is 30.3 Å². The van der Waals surface area contributed by atoms with E-state index in [9.17, 15) is 4.79 Å². The standard InChI is InChI=1S/C14H18NO2/c16-14(15-13-9-5-2-6-10-13)17-11-12-7-3-1-4-8-12/h1,3-4,7-8,11,13H,2,5-6,9-10H2,(H,15,16). The lowest BCUT2D eigenvalue weighted by molar-refractivity contribution is 0.167. The number of carbonyl (C=O) groups is 1. The zero-order valence-electron chi connectivity index (χ0n) is 9.89. The molecule has 1 fully saturated rings. The minimum atomic E-state index is -0.347. The van der Waals surface area contributed by atoms with E-state index in [0.29, 0.717) is 6.04 Å². The summed E-state index contributed by atoms with van der Waals surface area (Å²) < 4.78 is 5.06. The topological polar surface area (TPSA) is 38.3 Å². The number of benzene rings is 1. The van der Waals surface area contributed by atoms with Crippen molar-refractivity contribution in [2.24, 2.45) is 0 Å². The molecule has 0 atom stereocenters. The first kappa shape index (κ1) is 12.0. The number of hydrogen-bond donors (Lipinski definition) is 1. The van der Waals surface area contributed by atoms with Crippen molar-refractivity contribution in [3.8, 4) is 0 Å². The quantitative estimate of drug-likeness (QED) is 0.868. The van der Waals surface area contributed by atoms with Crippen LogP contribution in [-0.4, -0.2) is 12.1 Å². The highest BCUT2D eigenvalue weighted by molar-refractivity contribution is 5.68. The lowest BCUT2D eigenvalue weighted by Gasteiger charge is -2.22. The molecule has 1 aromatic rings. The van der Waals surface area contributed by atoms with Crippen LogP contribution in [0, 0.1) is 6.61 Å². The Labute approximate surface area is 102 Å². The van der Waals surface area contributed by atoms with E-state index in [1.807, 2.05) is 30.3 Å². The maximum atomic E-state index is 11.5. The fourth-order valence-electron chi connectivity index (χ4n) is 2.10. The van der Waals surface area contributed by atoms with E-state index in [4.69, 9.17) is 4.74 Å². The average Bonchev–Trinajstić information content (AvgIpc) is 2.39. The van der Waals surface area contributed by atoms with Crippen molar-refractivity contribution in [2.75, 3.05) is 0 Å². The van der Waals surface area contributed by atoms with E-state index in [1.54, 1.807) is 0 Å². The van der Waals surface area contributed by atoms with Crippen molar-refractivity contribution in [1.29, 1.82) is 0 Å². The Morgan fingerprint density at radius 1 is 1.18 bits per heavy atom. The zero-order valence-corrected chi connectivity index (χ0v) is 9.89. The minimum Gasteiger partial charge on any atom is -0.437 e. The van der Waals surface area contributed by atoms with Gasteiger partial charge in [0.15, 0.2) is 6.61 Å². The van der Waals surface area contributed by atoms with Crippen molar-refractivity contribution in [1.82, 2.24) is 5.32 Å². The molecule has 3 nitrogen and oxygen atoms in total. The highest BCUT2D eigenvalue weighted by Crippen LogP contribution is 2.17. The van der Waals surface area contributed by atoms with Gasteiger partial charge in [-0.15, -0.1) is 0 Å². The minimum absolute atomic E-state index is 0.292. The SMILES string of the molecule is O=C(NC1CCCCC1)O[CH]c1ccccc1. The first-order chi connectivity index (χ1) is 8.34. The molecular formula is C14H18NO2. The third-order valence-corrected chi connectivity index (χ3v) is 3.03. The summed E-state index contributed by atoms with van der Waals surface area (Å²) in [5.41, 5.74) is 0.895. The monoisotopic (exact) mass is 232 g/mol. The molecule has 1 aliphatic rings. The summed E-state index contributed by atoms with van der Waals surface area (Å²) >= 11 is 0. The smallest absolute Gasteiger partial charge is 0.408 e. The molecule has 0 heterocycles. The molecule has 1 aromatic carbocycles. The van der Waals surface area contributed by atoms with Gasteiger partial charge < -0.3 is 10.1 Å². The van der Waals surface area contributed by atoms with Crippen LogP contribution in [0.25, 0.3) is 0 Å². The zero-order chi connectivity index (χ0) is 11.9. The van der Waals surface area contributed by atoms with Gasteiger partial charge in [-0.3, -0.25) is 0 Å². The molecular weight excluding hydrogens is 214 g/mol. The Hall–Kier alpha value is -1.51. The van der Waals surface area contributed by atoms with Crippen LogP contribution in [-0.2, 0) is 4.74 Å². The van der Waals surface area contributed by atoms with Crippen LogP contribution in [0.1, 0.15) is 37.7 Å². The van der Waals surface area contributed by atoms with Gasteiger partial charge in [0.25, 0.3) is 0 Å². The molecule has 17 heavy (non-hydrogen) atoms. The third-order valence-electron chi connectivity index (χ3n) is 3.03. The highest BCUT2D eigenvalue weighted by atomic mass is 16.5. The fraction of sp³-hybridized carbons (Fsp3) is 0.429. The lowest BCUT2D eigenvalue weighted by Crippen LogP contribution is -2.36. The molecule has 1 amide bonds. The Balaban J connectivity index is 1.70. The summed E-state index contributed by atoms with van der Waals surface area (Å²) in [5.74, 6) is 0. The first-order valence-corrected chi connectivity index (χ1v) is 6.20. The van der Waals surface area contributed by atoms with E-state index < -0.39 is 0 Å². The van der Waals surface area contributed by atoms with Gasteiger partial charge in [0.1, 0.15) is 0 Å². The Morgan fingerprint density at radius 2 is 1.88 bits per heavy atom. The van der Waals surface area contributed by atoms with Crippen molar-refractivity contribution in [3.05, 3.63) is 42.5 Å². The number of amides is 1. The van der Waals surface area contributed by atoms with Gasteiger partial charge in [-0.2, -0.15) is 0 Å². The summed E-state index contributed by atoms with van der Waals surface area (Å²) in [6, 6.07) is 9.84. The van der Waals surface area contributed by atoms with Crippen LogP contribution < -0.4 is 5.32 Å². The summed E-state index contributed by atoms with van der Waals surface area (Å²) in [7, 11) is 0. The number of ether oxygens (including phenoxy) is 1. The highest BCUT2D eigenvalue weighted by Gasteiger charge is 2.16. The van der Waals surface area contributed by atoms with Gasteiger partial charge >= 0.3 is 6.09 Å². The number of alkyl carbamates (subject to hydrolysis) is 1. The van der Waals surface area contributed by atoms with E-state index in [2.05, 4.69) is 5.32 Å². The number of hydrogen-bond acceptors (Lipinski definition) is 2. The van der Waals surface area contributed by atoms with Crippen LogP contribution in [0.5, 0.6) is 0 Å². The van der Waals surface area contributed by atoms with E-state index in [-0.39, 0.29) is 6.09 Å². The molecule has 0 spiro atoms. The molecule has 0 aliphatic heterocycles. The van der Waals surface area contributed by atoms with Crippen molar-refractivity contribution in [3.63, 3.8) is 0 Å². The predicted molar refractivity (Wildman–Crippen MR) is 66.3 cm³/mol. The van der Waals surface area contributed by atoms with Crippen LogP contribution in [0.2, 0.25) is 0 Å². The van der Waals surface area contributed by atoms with Crippen molar-refractivity contribution >= 4 is 6.09 Å². The van der Waals surface area contributed by atoms with Crippen LogP contribution >= 0.6 is 0 Å². The lowest BCUT2D eigenvalue weighted by atomic mass is 9.96. The maximum absolute atomic E-state index is 11.5. The van der Waals surface area contributed by atoms with Crippen molar-refractivity contribution in [2.45, 2.75) is 38.1 Å². The van der Waals surface area contributed by atoms with Gasteiger partial charge in [-0.1, -0.05) is 49.6 Å². The number of carbonyl (C=O) groups excluding carboxylic acids is 1. The number of nitrogens with one attached hydrogen (secondary N) is 1. The van der Waals surface area contributed by atoms with Crippen LogP contribution in [0.3, 0.4) is 0 Å². The van der Waals surface area contributed by atoms with E-state index in [1.165, 1.54) is 25.9 Å². The van der Waals surface area contributed by atoms with Gasteiger partial charge in [-0.05, 0) is 18.4 Å². The molecule has 3 heteroatoms. The molecule has 1 N–H and O–H groups in total. The van der Waals surface area contributed by atoms with Gasteiger partial charge in [0.2, 0.25) is 0 Å². The molecule has 1 saturated carbocycles. The summed E-state index contributed by atoms with van der Waals surface area (Å²) in [6.45, 7) is 1.48. The van der Waals surface area contributed by atoms with E-state index >= 15 is 0 Å².